The zero-order chi connectivity index (χ0) is 21.0. The molecule has 2 aliphatic rings. The molecule has 1 aromatic rings. The number of carboxylic acid groups (broad SMARTS) is 1. The molecule has 0 saturated carbocycles. The number of rotatable bonds is 6. The van der Waals surface area contributed by atoms with Gasteiger partial charge in [-0.25, -0.2) is 4.39 Å². The average Bonchev–Trinajstić information content (AvgIpc) is 2.95. The molecule has 0 spiro atoms. The van der Waals surface area contributed by atoms with Crippen LogP contribution in [0.5, 0.6) is 5.75 Å². The molecule has 0 radical (unpaired) electrons. The van der Waals surface area contributed by atoms with Crippen molar-refractivity contribution in [3.8, 4) is 5.75 Å². The van der Waals surface area contributed by atoms with Crippen LogP contribution in [-0.2, 0) is 19.7 Å². The van der Waals surface area contributed by atoms with Gasteiger partial charge in [0.1, 0.15) is 6.04 Å². The van der Waals surface area contributed by atoms with Crippen molar-refractivity contribution in [3.63, 3.8) is 0 Å². The molecule has 0 aliphatic carbocycles. The second-order valence-corrected chi connectivity index (χ2v) is 8.87. The summed E-state index contributed by atoms with van der Waals surface area (Å²) >= 11 is 0. The summed E-state index contributed by atoms with van der Waals surface area (Å²) in [4.78, 5) is 13.6. The Hall–Kier alpha value is -1.79. The molecule has 2 heterocycles. The normalized spacial score (nSPS) is 21.4. The smallest absolute Gasteiger partial charge is 0.325 e. The fourth-order valence-electron chi connectivity index (χ4n) is 3.71. The summed E-state index contributed by atoms with van der Waals surface area (Å²) in [5.41, 5.74) is 0.292. The number of benzene rings is 1. The largest absolute Gasteiger partial charge is 0.494 e. The second-order valence-electron chi connectivity index (χ2n) is 6.94. The predicted molar refractivity (Wildman–Crippen MR) is 102 cm³/mol. The van der Waals surface area contributed by atoms with Crippen LogP contribution in [0.2, 0.25) is 0 Å². The van der Waals surface area contributed by atoms with E-state index in [9.17, 15) is 22.7 Å². The third-order valence-electron chi connectivity index (χ3n) is 5.20. The van der Waals surface area contributed by atoms with Crippen LogP contribution < -0.4 is 4.74 Å². The summed E-state index contributed by atoms with van der Waals surface area (Å²) in [5, 5.41) is 9.77. The van der Waals surface area contributed by atoms with Crippen LogP contribution in [0.25, 0.3) is 0 Å². The van der Waals surface area contributed by atoms with Gasteiger partial charge in [-0.05, 0) is 24.1 Å². The third-order valence-corrected chi connectivity index (χ3v) is 7.24. The van der Waals surface area contributed by atoms with E-state index in [-0.39, 0.29) is 18.8 Å². The van der Waals surface area contributed by atoms with Crippen molar-refractivity contribution in [1.29, 1.82) is 0 Å². The highest BCUT2D eigenvalue weighted by Gasteiger charge is 2.35. The molecule has 0 amide bonds. The lowest BCUT2D eigenvalue weighted by atomic mass is 10.0. The Morgan fingerprint density at radius 3 is 2.45 bits per heavy atom. The van der Waals surface area contributed by atoms with Gasteiger partial charge in [0.2, 0.25) is 0 Å². The molecule has 0 bridgehead atoms. The number of aliphatic carboxylic acids is 1. The van der Waals surface area contributed by atoms with Crippen LogP contribution in [0.4, 0.5) is 4.39 Å². The molecule has 2 aliphatic heterocycles. The highest BCUT2D eigenvalue weighted by Crippen LogP contribution is 2.27. The zero-order valence-electron chi connectivity index (χ0n) is 16.3. The van der Waals surface area contributed by atoms with Crippen molar-refractivity contribution in [2.24, 2.45) is 0 Å². The van der Waals surface area contributed by atoms with Gasteiger partial charge in [0.05, 0.1) is 20.3 Å². The maximum atomic E-state index is 14.1. The number of morpholine rings is 1. The van der Waals surface area contributed by atoms with Gasteiger partial charge < -0.3 is 14.6 Å². The highest BCUT2D eigenvalue weighted by molar-refractivity contribution is 7.86. The van der Waals surface area contributed by atoms with Crippen molar-refractivity contribution in [1.82, 2.24) is 13.5 Å². The molecule has 2 saturated heterocycles. The van der Waals surface area contributed by atoms with E-state index in [1.165, 1.54) is 27.9 Å². The van der Waals surface area contributed by atoms with E-state index in [0.29, 0.717) is 51.4 Å². The van der Waals surface area contributed by atoms with Crippen LogP contribution in [-0.4, -0.2) is 92.6 Å². The Bertz CT molecular complexity index is 831. The fraction of sp³-hybridized carbons (Fsp3) is 0.611. The monoisotopic (exact) mass is 431 g/mol. The topological polar surface area (TPSA) is 99.6 Å². The van der Waals surface area contributed by atoms with Gasteiger partial charge in [0.25, 0.3) is 10.2 Å². The number of halogens is 1. The first-order valence-electron chi connectivity index (χ1n) is 9.48. The predicted octanol–water partition coefficient (Wildman–Crippen LogP) is 0.545. The third kappa shape index (κ3) is 4.86. The van der Waals surface area contributed by atoms with Gasteiger partial charge in [-0.3, -0.25) is 9.69 Å². The molecule has 162 valence electrons. The van der Waals surface area contributed by atoms with E-state index in [1.54, 1.807) is 4.90 Å². The van der Waals surface area contributed by atoms with Crippen molar-refractivity contribution >= 4 is 16.2 Å². The summed E-state index contributed by atoms with van der Waals surface area (Å²) in [7, 11) is -2.28. The van der Waals surface area contributed by atoms with Crippen LogP contribution in [0.3, 0.4) is 0 Å². The average molecular weight is 431 g/mol. The Labute approximate surface area is 169 Å². The Balaban J connectivity index is 1.75. The first-order chi connectivity index (χ1) is 13.8. The number of methoxy groups -OCH3 is 1. The summed E-state index contributed by atoms with van der Waals surface area (Å²) in [6, 6.07) is 3.01. The number of carbonyl (C=O) groups is 1. The molecule has 29 heavy (non-hydrogen) atoms. The van der Waals surface area contributed by atoms with Gasteiger partial charge in [-0.2, -0.15) is 17.0 Å². The van der Waals surface area contributed by atoms with Gasteiger partial charge in [-0.1, -0.05) is 6.07 Å². The maximum Gasteiger partial charge on any atom is 0.325 e. The molecule has 1 N–H and O–H groups in total. The van der Waals surface area contributed by atoms with Crippen molar-refractivity contribution in [3.05, 3.63) is 29.6 Å². The number of hydrogen-bond donors (Lipinski definition) is 1. The van der Waals surface area contributed by atoms with E-state index in [1.807, 2.05) is 0 Å². The molecule has 0 aromatic heterocycles. The molecule has 11 heteroatoms. The fourth-order valence-corrected chi connectivity index (χ4v) is 5.31. The molecule has 9 nitrogen and oxygen atoms in total. The van der Waals surface area contributed by atoms with Gasteiger partial charge in [0, 0.05) is 39.3 Å². The minimum atomic E-state index is -3.62. The summed E-state index contributed by atoms with van der Waals surface area (Å²) in [5.74, 6) is -1.71. The van der Waals surface area contributed by atoms with Gasteiger partial charge >= 0.3 is 5.97 Å². The van der Waals surface area contributed by atoms with Crippen molar-refractivity contribution in [2.45, 2.75) is 12.5 Å². The van der Waals surface area contributed by atoms with E-state index >= 15 is 0 Å². The van der Waals surface area contributed by atoms with Crippen LogP contribution in [0, 0.1) is 5.82 Å². The molecule has 3 rings (SSSR count). The molecule has 1 atom stereocenters. The van der Waals surface area contributed by atoms with E-state index in [0.717, 1.165) is 6.07 Å². The number of carboxylic acids is 1. The quantitative estimate of drug-likeness (QED) is 0.702. The van der Waals surface area contributed by atoms with E-state index in [2.05, 4.69) is 0 Å². The van der Waals surface area contributed by atoms with E-state index in [4.69, 9.17) is 9.47 Å². The van der Waals surface area contributed by atoms with Gasteiger partial charge in [0.15, 0.2) is 11.6 Å². The minimum Gasteiger partial charge on any atom is -0.494 e. The summed E-state index contributed by atoms with van der Waals surface area (Å²) < 4.78 is 52.8. The molecular formula is C18H26FN3O6S. The number of nitrogens with zero attached hydrogens (tertiary/aromatic N) is 3. The lowest BCUT2D eigenvalue weighted by molar-refractivity contribution is -0.143. The highest BCUT2D eigenvalue weighted by atomic mass is 32.2. The second kappa shape index (κ2) is 9.35. The Kier molecular flexibility index (Phi) is 7.06. The maximum absolute atomic E-state index is 14.1. The zero-order valence-corrected chi connectivity index (χ0v) is 17.1. The summed E-state index contributed by atoms with van der Waals surface area (Å²) in [6.07, 6.45) is 0.478. The Morgan fingerprint density at radius 1 is 1.14 bits per heavy atom. The SMILES string of the molecule is COc1ccc(C(C(=O)O)N2CCCN(S(=O)(=O)N3CCOCC3)CC2)cc1F. The first kappa shape index (κ1) is 21.9. The standard InChI is InChI=1S/C18H26FN3O6S/c1-27-16-4-3-14(13-15(16)19)17(18(23)24)20-5-2-6-21(8-7-20)29(25,26)22-9-11-28-12-10-22/h3-4,13,17H,2,5-12H2,1H3,(H,23,24). The molecular weight excluding hydrogens is 405 g/mol. The van der Waals surface area contributed by atoms with Crippen molar-refractivity contribution < 1.29 is 32.2 Å². The lowest BCUT2D eigenvalue weighted by Gasteiger charge is -2.32. The molecule has 2 fully saturated rings. The minimum absolute atomic E-state index is 0.0385. The summed E-state index contributed by atoms with van der Waals surface area (Å²) in [6.45, 7) is 2.44. The van der Waals surface area contributed by atoms with Crippen molar-refractivity contribution in [2.75, 3.05) is 59.6 Å². The molecule has 1 aromatic carbocycles. The first-order valence-corrected chi connectivity index (χ1v) is 10.9. The lowest BCUT2D eigenvalue weighted by Crippen LogP contribution is -2.49. The van der Waals surface area contributed by atoms with Crippen LogP contribution in [0.15, 0.2) is 18.2 Å². The number of ether oxygens (including phenoxy) is 2. The van der Waals surface area contributed by atoms with Crippen LogP contribution in [0.1, 0.15) is 18.0 Å². The van der Waals surface area contributed by atoms with E-state index < -0.39 is 28.0 Å². The van der Waals surface area contributed by atoms with Crippen LogP contribution >= 0.6 is 0 Å². The number of hydrogen-bond acceptors (Lipinski definition) is 6. The molecule has 1 unspecified atom stereocenters. The van der Waals surface area contributed by atoms with Gasteiger partial charge in [-0.15, -0.1) is 0 Å². The Morgan fingerprint density at radius 2 is 1.83 bits per heavy atom.